The normalized spacial score (nSPS) is 14.5. The Morgan fingerprint density at radius 3 is 2.86 bits per heavy atom. The highest BCUT2D eigenvalue weighted by molar-refractivity contribution is 5.81. The molecule has 22 heavy (non-hydrogen) atoms. The van der Waals surface area contributed by atoms with Crippen LogP contribution in [-0.4, -0.2) is 22.9 Å². The fourth-order valence-corrected chi connectivity index (χ4v) is 2.84. The second-order valence-electron chi connectivity index (χ2n) is 5.45. The van der Waals surface area contributed by atoms with Gasteiger partial charge in [0.2, 0.25) is 6.79 Å². The zero-order valence-corrected chi connectivity index (χ0v) is 12.3. The van der Waals surface area contributed by atoms with Crippen LogP contribution in [0.1, 0.15) is 13.0 Å². The van der Waals surface area contributed by atoms with Gasteiger partial charge in [-0.1, -0.05) is 12.1 Å². The van der Waals surface area contributed by atoms with Gasteiger partial charge < -0.3 is 19.8 Å². The molecule has 3 aromatic rings. The molecule has 5 heteroatoms. The molecule has 112 valence electrons. The molecule has 0 bridgehead atoms. The van der Waals surface area contributed by atoms with Gasteiger partial charge in [0, 0.05) is 18.2 Å². The van der Waals surface area contributed by atoms with E-state index in [1.54, 1.807) is 0 Å². The molecular formula is C17H17N3O2. The molecule has 2 N–H and O–H groups in total. The van der Waals surface area contributed by atoms with E-state index in [0.29, 0.717) is 6.54 Å². The minimum Gasteiger partial charge on any atom is -0.454 e. The second-order valence-corrected chi connectivity index (χ2v) is 5.45. The Bertz CT molecular complexity index is 841. The highest BCUT2D eigenvalue weighted by Gasteiger charge is 2.19. The fourth-order valence-electron chi connectivity index (χ4n) is 2.84. The van der Waals surface area contributed by atoms with Crippen molar-refractivity contribution in [1.82, 2.24) is 9.55 Å². The molecular weight excluding hydrogens is 278 g/mol. The second kappa shape index (κ2) is 5.03. The average Bonchev–Trinajstić information content (AvgIpc) is 3.17. The lowest BCUT2D eigenvalue weighted by Gasteiger charge is -2.16. The van der Waals surface area contributed by atoms with Crippen molar-refractivity contribution in [2.75, 3.05) is 13.3 Å². The third-order valence-electron chi connectivity index (χ3n) is 4.01. The van der Waals surface area contributed by atoms with Crippen molar-refractivity contribution < 1.29 is 9.47 Å². The van der Waals surface area contributed by atoms with Gasteiger partial charge >= 0.3 is 0 Å². The van der Waals surface area contributed by atoms with Crippen molar-refractivity contribution >= 4 is 11.0 Å². The standard InChI is InChI=1S/C17H17N3O2/c1-11(9-18)20-14-5-3-2-4-13(14)19-17(20)12-6-7-15-16(8-12)22-10-21-15/h2-8,11H,9-10,18H2,1H3. The predicted molar refractivity (Wildman–Crippen MR) is 85.1 cm³/mol. The van der Waals surface area contributed by atoms with Gasteiger partial charge in [-0.15, -0.1) is 0 Å². The molecule has 0 saturated heterocycles. The lowest BCUT2D eigenvalue weighted by atomic mass is 10.1. The summed E-state index contributed by atoms with van der Waals surface area (Å²) in [4.78, 5) is 4.79. The van der Waals surface area contributed by atoms with E-state index in [0.717, 1.165) is 33.9 Å². The Morgan fingerprint density at radius 2 is 2.00 bits per heavy atom. The van der Waals surface area contributed by atoms with Crippen molar-refractivity contribution in [2.45, 2.75) is 13.0 Å². The molecule has 0 aliphatic carbocycles. The maximum atomic E-state index is 5.90. The number of fused-ring (bicyclic) bond motifs is 2. The van der Waals surface area contributed by atoms with E-state index < -0.39 is 0 Å². The number of hydrogen-bond donors (Lipinski definition) is 1. The van der Waals surface area contributed by atoms with Gasteiger partial charge in [0.15, 0.2) is 11.5 Å². The third-order valence-corrected chi connectivity index (χ3v) is 4.01. The van der Waals surface area contributed by atoms with Gasteiger partial charge in [-0.2, -0.15) is 0 Å². The molecule has 1 unspecified atom stereocenters. The Labute approximate surface area is 128 Å². The summed E-state index contributed by atoms with van der Waals surface area (Å²) in [6, 6.07) is 14.2. The molecule has 0 fully saturated rings. The van der Waals surface area contributed by atoms with Crippen LogP contribution in [0.25, 0.3) is 22.4 Å². The van der Waals surface area contributed by atoms with E-state index in [9.17, 15) is 0 Å². The molecule has 0 amide bonds. The molecule has 1 aliphatic heterocycles. The smallest absolute Gasteiger partial charge is 0.231 e. The van der Waals surface area contributed by atoms with Gasteiger partial charge in [0.05, 0.1) is 11.0 Å². The summed E-state index contributed by atoms with van der Waals surface area (Å²) in [6.07, 6.45) is 0. The highest BCUT2D eigenvalue weighted by Crippen LogP contribution is 2.37. The van der Waals surface area contributed by atoms with Crippen molar-refractivity contribution in [1.29, 1.82) is 0 Å². The number of para-hydroxylation sites is 2. The molecule has 1 atom stereocenters. The molecule has 5 nitrogen and oxygen atoms in total. The fraction of sp³-hybridized carbons (Fsp3) is 0.235. The van der Waals surface area contributed by atoms with Crippen LogP contribution >= 0.6 is 0 Å². The summed E-state index contributed by atoms with van der Waals surface area (Å²) in [5, 5.41) is 0. The van der Waals surface area contributed by atoms with Crippen LogP contribution in [0, 0.1) is 0 Å². The van der Waals surface area contributed by atoms with Crippen LogP contribution < -0.4 is 15.2 Å². The maximum absolute atomic E-state index is 5.90. The molecule has 0 saturated carbocycles. The Morgan fingerprint density at radius 1 is 1.18 bits per heavy atom. The van der Waals surface area contributed by atoms with Gasteiger partial charge in [0.1, 0.15) is 5.82 Å². The number of benzene rings is 2. The third kappa shape index (κ3) is 1.94. The number of imidazole rings is 1. The quantitative estimate of drug-likeness (QED) is 0.807. The van der Waals surface area contributed by atoms with Crippen LogP contribution in [0.15, 0.2) is 42.5 Å². The number of nitrogens with zero attached hydrogens (tertiary/aromatic N) is 2. The summed E-state index contributed by atoms with van der Waals surface area (Å²) in [5.41, 5.74) is 8.96. The average molecular weight is 295 g/mol. The van der Waals surface area contributed by atoms with Crippen LogP contribution in [0.4, 0.5) is 0 Å². The van der Waals surface area contributed by atoms with Crippen LogP contribution in [-0.2, 0) is 0 Å². The van der Waals surface area contributed by atoms with Crippen molar-refractivity contribution in [2.24, 2.45) is 5.73 Å². The van der Waals surface area contributed by atoms with E-state index in [4.69, 9.17) is 20.2 Å². The first kappa shape index (κ1) is 13.2. The van der Waals surface area contributed by atoms with Gasteiger partial charge in [0.25, 0.3) is 0 Å². The number of rotatable bonds is 3. The van der Waals surface area contributed by atoms with E-state index in [-0.39, 0.29) is 12.8 Å². The Kier molecular flexibility index (Phi) is 3.01. The first-order valence-electron chi connectivity index (χ1n) is 7.35. The lowest BCUT2D eigenvalue weighted by Crippen LogP contribution is -2.16. The van der Waals surface area contributed by atoms with Gasteiger partial charge in [-0.25, -0.2) is 4.98 Å². The van der Waals surface area contributed by atoms with Crippen LogP contribution in [0.2, 0.25) is 0 Å². The molecule has 4 rings (SSSR count). The van der Waals surface area contributed by atoms with E-state index in [1.807, 2.05) is 36.4 Å². The SMILES string of the molecule is CC(CN)n1c(-c2ccc3c(c2)OCO3)nc2ccccc21. The zero-order valence-electron chi connectivity index (χ0n) is 12.3. The number of ether oxygens (including phenoxy) is 2. The van der Waals surface area contributed by atoms with Crippen molar-refractivity contribution in [3.8, 4) is 22.9 Å². The summed E-state index contributed by atoms with van der Waals surface area (Å²) >= 11 is 0. The van der Waals surface area contributed by atoms with Gasteiger partial charge in [-0.3, -0.25) is 0 Å². The first-order chi connectivity index (χ1) is 10.8. The largest absolute Gasteiger partial charge is 0.454 e. The Balaban J connectivity index is 1.94. The van der Waals surface area contributed by atoms with E-state index in [1.165, 1.54) is 0 Å². The summed E-state index contributed by atoms with van der Waals surface area (Å²) in [7, 11) is 0. The van der Waals surface area contributed by atoms with E-state index in [2.05, 4.69) is 17.6 Å². The minimum atomic E-state index is 0.160. The van der Waals surface area contributed by atoms with Crippen LogP contribution in [0.5, 0.6) is 11.5 Å². The summed E-state index contributed by atoms with van der Waals surface area (Å²) < 4.78 is 13.0. The number of hydrogen-bond acceptors (Lipinski definition) is 4. The maximum Gasteiger partial charge on any atom is 0.231 e. The topological polar surface area (TPSA) is 62.3 Å². The zero-order chi connectivity index (χ0) is 15.1. The molecule has 2 heterocycles. The molecule has 0 spiro atoms. The van der Waals surface area contributed by atoms with Crippen molar-refractivity contribution in [3.05, 3.63) is 42.5 Å². The Hall–Kier alpha value is -2.53. The van der Waals surface area contributed by atoms with Gasteiger partial charge in [-0.05, 0) is 37.3 Å². The summed E-state index contributed by atoms with van der Waals surface area (Å²) in [5.74, 6) is 2.44. The predicted octanol–water partition coefficient (Wildman–Crippen LogP) is 2.95. The van der Waals surface area contributed by atoms with Crippen molar-refractivity contribution in [3.63, 3.8) is 0 Å². The lowest BCUT2D eigenvalue weighted by molar-refractivity contribution is 0.174. The monoisotopic (exact) mass is 295 g/mol. The number of nitrogens with two attached hydrogens (primary N) is 1. The molecule has 2 aromatic carbocycles. The van der Waals surface area contributed by atoms with E-state index >= 15 is 0 Å². The molecule has 0 radical (unpaired) electrons. The summed E-state index contributed by atoms with van der Waals surface area (Å²) in [6.45, 7) is 2.93. The minimum absolute atomic E-state index is 0.160. The first-order valence-corrected chi connectivity index (χ1v) is 7.35. The molecule has 1 aliphatic rings. The number of aromatic nitrogens is 2. The molecule has 1 aromatic heterocycles. The highest BCUT2D eigenvalue weighted by atomic mass is 16.7. The van der Waals surface area contributed by atoms with Crippen LogP contribution in [0.3, 0.4) is 0 Å².